The molecule has 0 aliphatic carbocycles. The number of pyridine rings is 1. The molecule has 1 fully saturated rings. The molecule has 6 N–H and O–H groups in total. The van der Waals surface area contributed by atoms with Crippen LogP contribution in [0.2, 0.25) is 0 Å². The largest absolute Gasteiger partial charge is 0.380 e. The van der Waals surface area contributed by atoms with Gasteiger partial charge in [-0.05, 0) is 61.3 Å². The minimum atomic E-state index is -0.692. The van der Waals surface area contributed by atoms with Gasteiger partial charge in [-0.15, -0.1) is 12.4 Å². The van der Waals surface area contributed by atoms with Gasteiger partial charge >= 0.3 is 0 Å². The number of carbonyl (C=O) groups is 2. The second kappa shape index (κ2) is 11.6. The smallest absolute Gasteiger partial charge is 0.252 e. The Bertz CT molecular complexity index is 1180. The van der Waals surface area contributed by atoms with Crippen molar-refractivity contribution < 1.29 is 18.4 Å². The van der Waals surface area contributed by atoms with Crippen LogP contribution in [0.15, 0.2) is 54.7 Å². The number of anilines is 4. The lowest BCUT2D eigenvalue weighted by atomic mass is 10.1. The summed E-state index contributed by atoms with van der Waals surface area (Å²) < 4.78 is 26.9. The Balaban J connectivity index is 0.00000342. The van der Waals surface area contributed by atoms with Crippen LogP contribution in [0.3, 0.4) is 0 Å². The molecule has 0 spiro atoms. The Hall–Kier alpha value is -3.76. The van der Waals surface area contributed by atoms with E-state index in [-0.39, 0.29) is 36.5 Å². The van der Waals surface area contributed by atoms with Crippen LogP contribution in [-0.2, 0) is 11.3 Å². The first kappa shape index (κ1) is 25.9. The topological polar surface area (TPSA) is 121 Å². The summed E-state index contributed by atoms with van der Waals surface area (Å²) in [4.78, 5) is 28.2. The van der Waals surface area contributed by atoms with Crippen molar-refractivity contribution in [1.82, 2.24) is 10.3 Å². The number of nitrogens with two attached hydrogens (primary N) is 1. The molecule has 2 heterocycles. The van der Waals surface area contributed by atoms with Gasteiger partial charge in [0.1, 0.15) is 17.5 Å². The predicted octanol–water partition coefficient (Wildman–Crippen LogP) is 3.93. The molecular formula is C24H25ClF2N6O2. The van der Waals surface area contributed by atoms with Crippen molar-refractivity contribution in [2.24, 2.45) is 5.73 Å². The first-order chi connectivity index (χ1) is 16.4. The maximum Gasteiger partial charge on any atom is 0.252 e. The quantitative estimate of drug-likeness (QED) is 0.318. The second-order valence-electron chi connectivity index (χ2n) is 7.95. The number of hydrogen-bond donors (Lipinski definition) is 5. The van der Waals surface area contributed by atoms with Gasteiger partial charge in [-0.3, -0.25) is 9.59 Å². The highest BCUT2D eigenvalue weighted by Crippen LogP contribution is 2.23. The number of halogens is 3. The van der Waals surface area contributed by atoms with E-state index in [9.17, 15) is 18.4 Å². The van der Waals surface area contributed by atoms with Crippen LogP contribution in [-0.4, -0.2) is 29.4 Å². The van der Waals surface area contributed by atoms with E-state index >= 15 is 0 Å². The fourth-order valence-electron chi connectivity index (χ4n) is 3.70. The normalized spacial score (nSPS) is 14.6. The number of hydrogen-bond acceptors (Lipinski definition) is 6. The highest BCUT2D eigenvalue weighted by atomic mass is 35.5. The Morgan fingerprint density at radius 1 is 1.06 bits per heavy atom. The average molecular weight is 503 g/mol. The van der Waals surface area contributed by atoms with Gasteiger partial charge in [0.25, 0.3) is 5.91 Å². The van der Waals surface area contributed by atoms with Crippen LogP contribution in [0.25, 0.3) is 0 Å². The number of rotatable bonds is 8. The standard InChI is InChI=1S/C24H24F2N6O2.ClH/c25-15-8-14(9-16(26)10-15)12-29-21-11-22(30-13-19(21)23(27)33)31-17-3-5-18(6-4-17)32-24(34)20-2-1-7-28-20;/h3-6,8-11,13,20,28H,1-2,7,12H2,(H2,27,33)(H,32,34)(H2,29,30,31);1H/t20-;/m0./s1. The average Bonchev–Trinajstić information content (AvgIpc) is 3.34. The van der Waals surface area contributed by atoms with Gasteiger partial charge in [0, 0.05) is 36.2 Å². The first-order valence-corrected chi connectivity index (χ1v) is 10.8. The second-order valence-corrected chi connectivity index (χ2v) is 7.95. The van der Waals surface area contributed by atoms with Gasteiger partial charge in [-0.1, -0.05) is 0 Å². The van der Waals surface area contributed by atoms with E-state index in [1.807, 2.05) is 0 Å². The summed E-state index contributed by atoms with van der Waals surface area (Å²) in [6, 6.07) is 11.7. The minimum Gasteiger partial charge on any atom is -0.380 e. The molecule has 1 saturated heterocycles. The zero-order chi connectivity index (χ0) is 24.1. The third-order valence-corrected chi connectivity index (χ3v) is 5.38. The first-order valence-electron chi connectivity index (χ1n) is 10.8. The number of primary amides is 1. The van der Waals surface area contributed by atoms with Crippen molar-refractivity contribution in [3.05, 3.63) is 77.5 Å². The van der Waals surface area contributed by atoms with Gasteiger partial charge in [0.2, 0.25) is 5.91 Å². The molecule has 2 amide bonds. The number of carbonyl (C=O) groups excluding carboxylic acids is 2. The summed E-state index contributed by atoms with van der Waals surface area (Å²) >= 11 is 0. The van der Waals surface area contributed by atoms with E-state index in [0.717, 1.165) is 25.5 Å². The van der Waals surface area contributed by atoms with Crippen molar-refractivity contribution in [2.75, 3.05) is 22.5 Å². The van der Waals surface area contributed by atoms with Crippen molar-refractivity contribution >= 4 is 47.1 Å². The number of amides is 2. The molecule has 2 aromatic carbocycles. The molecule has 1 aliphatic heterocycles. The molecule has 1 aliphatic rings. The van der Waals surface area contributed by atoms with Crippen LogP contribution < -0.4 is 27.0 Å². The zero-order valence-electron chi connectivity index (χ0n) is 18.6. The maximum absolute atomic E-state index is 13.5. The van der Waals surface area contributed by atoms with Crippen LogP contribution in [0.5, 0.6) is 0 Å². The predicted molar refractivity (Wildman–Crippen MR) is 133 cm³/mol. The molecule has 4 rings (SSSR count). The van der Waals surface area contributed by atoms with Crippen LogP contribution >= 0.6 is 12.4 Å². The molecular weight excluding hydrogens is 478 g/mol. The SMILES string of the molecule is Cl.NC(=O)c1cnc(Nc2ccc(NC(=O)[C@@H]3CCCN3)cc2)cc1NCc1cc(F)cc(F)c1. The van der Waals surface area contributed by atoms with Gasteiger partial charge in [-0.2, -0.15) is 0 Å². The minimum absolute atomic E-state index is 0. The van der Waals surface area contributed by atoms with Crippen LogP contribution in [0.1, 0.15) is 28.8 Å². The maximum atomic E-state index is 13.5. The molecule has 0 radical (unpaired) electrons. The molecule has 3 aromatic rings. The number of benzene rings is 2. The van der Waals surface area contributed by atoms with Crippen LogP contribution in [0, 0.1) is 11.6 Å². The Morgan fingerprint density at radius 3 is 2.37 bits per heavy atom. The van der Waals surface area contributed by atoms with E-state index in [1.54, 1.807) is 30.3 Å². The Morgan fingerprint density at radius 2 is 1.74 bits per heavy atom. The third kappa shape index (κ3) is 6.87. The molecule has 8 nitrogen and oxygen atoms in total. The Labute approximate surface area is 207 Å². The van der Waals surface area contributed by atoms with Gasteiger partial charge in [0.05, 0.1) is 17.3 Å². The molecule has 1 aromatic heterocycles. The third-order valence-electron chi connectivity index (χ3n) is 5.38. The lowest BCUT2D eigenvalue weighted by molar-refractivity contribution is -0.117. The highest BCUT2D eigenvalue weighted by Gasteiger charge is 2.21. The van der Waals surface area contributed by atoms with E-state index in [0.29, 0.717) is 28.4 Å². The summed E-state index contributed by atoms with van der Waals surface area (Å²) in [6.45, 7) is 0.918. The van der Waals surface area contributed by atoms with E-state index in [4.69, 9.17) is 5.73 Å². The summed E-state index contributed by atoms with van der Waals surface area (Å²) in [5.41, 5.74) is 7.68. The lowest BCUT2D eigenvalue weighted by Gasteiger charge is -2.14. The Kier molecular flexibility index (Phi) is 8.56. The van der Waals surface area contributed by atoms with E-state index in [2.05, 4.69) is 26.3 Å². The molecule has 11 heteroatoms. The van der Waals surface area contributed by atoms with Crippen LogP contribution in [0.4, 0.5) is 31.7 Å². The van der Waals surface area contributed by atoms with Gasteiger partial charge in [0.15, 0.2) is 0 Å². The van der Waals surface area contributed by atoms with Crippen molar-refractivity contribution in [1.29, 1.82) is 0 Å². The molecule has 0 unspecified atom stereocenters. The van der Waals surface area contributed by atoms with Crippen molar-refractivity contribution in [3.8, 4) is 0 Å². The molecule has 184 valence electrons. The summed E-state index contributed by atoms with van der Waals surface area (Å²) in [6.07, 6.45) is 3.13. The van der Waals surface area contributed by atoms with Crippen molar-refractivity contribution in [3.63, 3.8) is 0 Å². The lowest BCUT2D eigenvalue weighted by Crippen LogP contribution is -2.35. The number of nitrogens with zero attached hydrogens (tertiary/aromatic N) is 1. The van der Waals surface area contributed by atoms with Crippen molar-refractivity contribution in [2.45, 2.75) is 25.4 Å². The fraction of sp³-hybridized carbons (Fsp3) is 0.208. The van der Waals surface area contributed by atoms with Gasteiger partial charge in [-0.25, -0.2) is 13.8 Å². The molecule has 35 heavy (non-hydrogen) atoms. The number of nitrogens with one attached hydrogen (secondary N) is 4. The van der Waals surface area contributed by atoms with E-state index < -0.39 is 17.5 Å². The fourth-order valence-corrected chi connectivity index (χ4v) is 3.70. The number of aromatic nitrogens is 1. The molecule has 0 bridgehead atoms. The molecule has 1 atom stereocenters. The van der Waals surface area contributed by atoms with Gasteiger partial charge < -0.3 is 27.0 Å². The summed E-state index contributed by atoms with van der Waals surface area (Å²) in [5.74, 6) is -1.71. The highest BCUT2D eigenvalue weighted by molar-refractivity contribution is 5.98. The van der Waals surface area contributed by atoms with E-state index in [1.165, 1.54) is 18.3 Å². The zero-order valence-corrected chi connectivity index (χ0v) is 19.4. The monoisotopic (exact) mass is 502 g/mol. The summed E-state index contributed by atoms with van der Waals surface area (Å²) in [5, 5.41) is 12.1. The summed E-state index contributed by atoms with van der Waals surface area (Å²) in [7, 11) is 0. The molecule has 0 saturated carbocycles.